The first-order chi connectivity index (χ1) is 12.6. The predicted molar refractivity (Wildman–Crippen MR) is 98.3 cm³/mol. The Bertz CT molecular complexity index is 1110. The van der Waals surface area contributed by atoms with E-state index in [0.717, 1.165) is 5.56 Å². The topological polar surface area (TPSA) is 96.0 Å². The summed E-state index contributed by atoms with van der Waals surface area (Å²) in [6, 6.07) is 16.0. The number of hydrogen-bond donors (Lipinski definition) is 1. The van der Waals surface area contributed by atoms with E-state index >= 15 is 0 Å². The number of fused-ring (bicyclic) bond motifs is 1. The van der Waals surface area contributed by atoms with E-state index in [2.05, 4.69) is 11.1 Å². The molecule has 128 valence electrons. The molecule has 0 atom stereocenters. The Balaban J connectivity index is 2.09. The van der Waals surface area contributed by atoms with E-state index in [1.807, 2.05) is 6.07 Å². The average molecular weight is 345 g/mol. The number of carbonyl (C=O) groups is 1. The lowest BCUT2D eigenvalue weighted by Gasteiger charge is -2.10. The van der Waals surface area contributed by atoms with Crippen LogP contribution in [0.5, 0.6) is 0 Å². The summed E-state index contributed by atoms with van der Waals surface area (Å²) in [5.74, 6) is -0.612. The van der Waals surface area contributed by atoms with Gasteiger partial charge in [-0.15, -0.1) is 0 Å². The third-order valence-electron chi connectivity index (χ3n) is 3.88. The van der Waals surface area contributed by atoms with E-state index < -0.39 is 5.97 Å². The Morgan fingerprint density at radius 1 is 1.19 bits per heavy atom. The zero-order chi connectivity index (χ0) is 18.5. The largest absolute Gasteiger partial charge is 0.481 e. The number of carboxylic acids is 1. The monoisotopic (exact) mass is 345 g/mol. The van der Waals surface area contributed by atoms with Crippen LogP contribution in [0.3, 0.4) is 0 Å². The lowest BCUT2D eigenvalue weighted by molar-refractivity contribution is -0.137. The van der Waals surface area contributed by atoms with Gasteiger partial charge in [0, 0.05) is 6.54 Å². The van der Waals surface area contributed by atoms with Crippen LogP contribution in [0, 0.1) is 11.3 Å². The number of nitrogens with zero attached hydrogens (tertiary/aromatic N) is 3. The maximum Gasteiger partial charge on any atom is 0.305 e. The van der Waals surface area contributed by atoms with Gasteiger partial charge in [0.05, 0.1) is 29.0 Å². The molecule has 0 saturated heterocycles. The second-order valence-corrected chi connectivity index (χ2v) is 5.66. The van der Waals surface area contributed by atoms with Crippen LogP contribution in [0.4, 0.5) is 0 Å². The van der Waals surface area contributed by atoms with Crippen LogP contribution >= 0.6 is 0 Å². The van der Waals surface area contributed by atoms with Crippen LogP contribution in [0.2, 0.25) is 0 Å². The van der Waals surface area contributed by atoms with E-state index in [1.54, 1.807) is 54.6 Å². The molecule has 1 N–H and O–H groups in total. The third-order valence-corrected chi connectivity index (χ3v) is 3.88. The molecule has 0 spiro atoms. The normalized spacial score (nSPS) is 10.9. The first-order valence-corrected chi connectivity index (χ1v) is 7.98. The van der Waals surface area contributed by atoms with E-state index in [0.29, 0.717) is 22.3 Å². The van der Waals surface area contributed by atoms with Crippen molar-refractivity contribution in [1.29, 1.82) is 5.26 Å². The molecule has 0 aliphatic rings. The minimum atomic E-state index is -0.985. The first kappa shape index (κ1) is 17.1. The summed E-state index contributed by atoms with van der Waals surface area (Å²) in [7, 11) is 0. The van der Waals surface area contributed by atoms with Gasteiger partial charge in [-0.05, 0) is 35.9 Å². The zero-order valence-electron chi connectivity index (χ0n) is 13.8. The number of carboxylic acid groups (broad SMARTS) is 1. The van der Waals surface area contributed by atoms with E-state index in [1.165, 1.54) is 4.57 Å². The van der Waals surface area contributed by atoms with Crippen molar-refractivity contribution in [3.8, 4) is 6.07 Å². The summed E-state index contributed by atoms with van der Waals surface area (Å²) in [6.45, 7) is 0.0317. The highest BCUT2D eigenvalue weighted by molar-refractivity contribution is 5.79. The summed E-state index contributed by atoms with van der Waals surface area (Å²) in [5.41, 5.74) is 1.59. The Labute approximate surface area is 149 Å². The molecule has 0 unspecified atom stereocenters. The molecule has 0 aliphatic heterocycles. The van der Waals surface area contributed by atoms with Gasteiger partial charge in [0.15, 0.2) is 0 Å². The maximum absolute atomic E-state index is 12.7. The summed E-state index contributed by atoms with van der Waals surface area (Å²) in [4.78, 5) is 28.1. The van der Waals surface area contributed by atoms with Gasteiger partial charge in [-0.2, -0.15) is 5.26 Å². The lowest BCUT2D eigenvalue weighted by Crippen LogP contribution is -2.25. The number of benzene rings is 2. The van der Waals surface area contributed by atoms with Crippen LogP contribution in [-0.4, -0.2) is 20.6 Å². The van der Waals surface area contributed by atoms with Crippen molar-refractivity contribution in [2.75, 3.05) is 0 Å². The van der Waals surface area contributed by atoms with Crippen LogP contribution in [0.1, 0.15) is 23.4 Å². The Kier molecular flexibility index (Phi) is 4.90. The van der Waals surface area contributed by atoms with Gasteiger partial charge in [0.2, 0.25) is 0 Å². The molecule has 0 amide bonds. The Morgan fingerprint density at radius 3 is 2.77 bits per heavy atom. The molecular formula is C20H15N3O3. The maximum atomic E-state index is 12.7. The van der Waals surface area contributed by atoms with Crippen LogP contribution in [0.25, 0.3) is 23.1 Å². The molecule has 0 radical (unpaired) electrons. The van der Waals surface area contributed by atoms with Crippen LogP contribution in [0.15, 0.2) is 53.3 Å². The quantitative estimate of drug-likeness (QED) is 0.767. The minimum Gasteiger partial charge on any atom is -0.481 e. The van der Waals surface area contributed by atoms with Crippen molar-refractivity contribution >= 4 is 29.0 Å². The van der Waals surface area contributed by atoms with Gasteiger partial charge in [0.25, 0.3) is 5.56 Å². The molecule has 0 aliphatic carbocycles. The average Bonchev–Trinajstić information content (AvgIpc) is 2.66. The summed E-state index contributed by atoms with van der Waals surface area (Å²) >= 11 is 0. The number of rotatable bonds is 5. The molecule has 0 bridgehead atoms. The van der Waals surface area contributed by atoms with Gasteiger partial charge in [-0.1, -0.05) is 30.3 Å². The molecule has 3 aromatic rings. The van der Waals surface area contributed by atoms with Crippen molar-refractivity contribution in [2.24, 2.45) is 0 Å². The van der Waals surface area contributed by atoms with Gasteiger partial charge in [-0.25, -0.2) is 4.98 Å². The number of para-hydroxylation sites is 1. The number of hydrogen-bond acceptors (Lipinski definition) is 4. The van der Waals surface area contributed by atoms with Crippen molar-refractivity contribution < 1.29 is 9.90 Å². The van der Waals surface area contributed by atoms with Gasteiger partial charge < -0.3 is 5.11 Å². The summed E-state index contributed by atoms with van der Waals surface area (Å²) in [6.07, 6.45) is 3.23. The number of nitriles is 1. The Hall–Kier alpha value is -3.72. The standard InChI is InChI=1S/C20H15N3O3/c21-13-15-5-3-4-14(12-15)8-9-18-22-17-7-2-1-6-16(17)20(26)23(18)11-10-19(24)25/h1-9,12H,10-11H2,(H,24,25)/b9-8+. The molecule has 1 aromatic heterocycles. The molecule has 3 rings (SSSR count). The van der Waals surface area contributed by atoms with E-state index in [-0.39, 0.29) is 18.5 Å². The first-order valence-electron chi connectivity index (χ1n) is 7.98. The van der Waals surface area contributed by atoms with Gasteiger partial charge in [0.1, 0.15) is 5.82 Å². The summed E-state index contributed by atoms with van der Waals surface area (Å²) < 4.78 is 1.36. The number of aromatic nitrogens is 2. The van der Waals surface area contributed by atoms with Crippen molar-refractivity contribution in [2.45, 2.75) is 13.0 Å². The smallest absolute Gasteiger partial charge is 0.305 e. The fraction of sp³-hybridized carbons (Fsp3) is 0.100. The SMILES string of the molecule is N#Cc1cccc(/C=C/c2nc3ccccc3c(=O)n2CCC(=O)O)c1. The highest BCUT2D eigenvalue weighted by Crippen LogP contribution is 2.12. The van der Waals surface area contributed by atoms with Gasteiger partial charge >= 0.3 is 5.97 Å². The van der Waals surface area contributed by atoms with Crippen molar-refractivity contribution in [3.63, 3.8) is 0 Å². The molecule has 0 saturated carbocycles. The molecule has 6 nitrogen and oxygen atoms in total. The second-order valence-electron chi connectivity index (χ2n) is 5.66. The van der Waals surface area contributed by atoms with E-state index in [4.69, 9.17) is 10.4 Å². The number of aliphatic carboxylic acids is 1. The van der Waals surface area contributed by atoms with Crippen LogP contribution < -0.4 is 5.56 Å². The predicted octanol–water partition coefficient (Wildman–Crippen LogP) is 2.91. The third kappa shape index (κ3) is 3.68. The van der Waals surface area contributed by atoms with E-state index in [9.17, 15) is 9.59 Å². The molecule has 1 heterocycles. The van der Waals surface area contributed by atoms with Crippen LogP contribution in [-0.2, 0) is 11.3 Å². The van der Waals surface area contributed by atoms with Crippen molar-refractivity contribution in [1.82, 2.24) is 9.55 Å². The highest BCUT2D eigenvalue weighted by Gasteiger charge is 2.10. The van der Waals surface area contributed by atoms with Crippen molar-refractivity contribution in [3.05, 3.63) is 75.8 Å². The molecular weight excluding hydrogens is 330 g/mol. The zero-order valence-corrected chi connectivity index (χ0v) is 13.8. The molecule has 2 aromatic carbocycles. The van der Waals surface area contributed by atoms with Gasteiger partial charge in [-0.3, -0.25) is 14.2 Å². The highest BCUT2D eigenvalue weighted by atomic mass is 16.4. The Morgan fingerprint density at radius 2 is 2.00 bits per heavy atom. The second kappa shape index (κ2) is 7.45. The molecule has 6 heteroatoms. The minimum absolute atomic E-state index is 0.0317. The summed E-state index contributed by atoms with van der Waals surface area (Å²) in [5, 5.41) is 18.4. The lowest BCUT2D eigenvalue weighted by atomic mass is 10.1. The fourth-order valence-corrected chi connectivity index (χ4v) is 2.62. The fourth-order valence-electron chi connectivity index (χ4n) is 2.62. The molecule has 0 fully saturated rings. The molecule has 26 heavy (non-hydrogen) atoms.